The molecule has 0 saturated carbocycles. The summed E-state index contributed by atoms with van der Waals surface area (Å²) in [5, 5.41) is 2.82. The number of ether oxygens (including phenoxy) is 2. The topological polar surface area (TPSA) is 81.7 Å². The maximum absolute atomic E-state index is 12.5. The zero-order chi connectivity index (χ0) is 18.9. The van der Waals surface area contributed by atoms with Gasteiger partial charge in [-0.1, -0.05) is 0 Å². The lowest BCUT2D eigenvalue weighted by Crippen LogP contribution is -2.13. The molecule has 0 aromatic heterocycles. The maximum atomic E-state index is 12.5. The van der Waals surface area contributed by atoms with E-state index in [4.69, 9.17) is 9.47 Å². The predicted octanol–water partition coefficient (Wildman–Crippen LogP) is 3.06. The number of amides is 1. The summed E-state index contributed by atoms with van der Waals surface area (Å²) < 4.78 is 34.4. The molecule has 0 fully saturated rings. The molecule has 0 spiro atoms. The van der Waals surface area contributed by atoms with Gasteiger partial charge in [-0.2, -0.15) is 0 Å². The monoisotopic (exact) mass is 375 g/mol. The Kier molecular flexibility index (Phi) is 4.91. The molecule has 0 saturated heterocycles. The van der Waals surface area contributed by atoms with Gasteiger partial charge < -0.3 is 14.8 Å². The first-order chi connectivity index (χ1) is 12.3. The molecule has 1 atom stereocenters. The van der Waals surface area contributed by atoms with Crippen LogP contribution in [0, 0.1) is 0 Å². The summed E-state index contributed by atoms with van der Waals surface area (Å²) in [5.74, 6) is 0.978. The number of hydrogen-bond donors (Lipinski definition) is 1. The summed E-state index contributed by atoms with van der Waals surface area (Å²) in [6, 6.07) is 9.47. The predicted molar refractivity (Wildman–Crippen MR) is 98.9 cm³/mol. The molecule has 2 aromatic carbocycles. The molecule has 2 aromatic rings. The fourth-order valence-corrected chi connectivity index (χ4v) is 3.49. The van der Waals surface area contributed by atoms with E-state index >= 15 is 0 Å². The normalized spacial score (nSPS) is 15.9. The smallest absolute Gasteiger partial charge is 0.255 e. The Morgan fingerprint density at radius 3 is 2.58 bits per heavy atom. The van der Waals surface area contributed by atoms with Gasteiger partial charge in [0.2, 0.25) is 0 Å². The first kappa shape index (κ1) is 18.3. The van der Waals surface area contributed by atoms with Crippen molar-refractivity contribution in [2.75, 3.05) is 18.2 Å². The van der Waals surface area contributed by atoms with E-state index in [0.29, 0.717) is 23.6 Å². The minimum atomic E-state index is -3.30. The largest absolute Gasteiger partial charge is 0.492 e. The molecule has 1 aliphatic heterocycles. The van der Waals surface area contributed by atoms with E-state index in [2.05, 4.69) is 5.32 Å². The molecule has 0 aliphatic carbocycles. The molecule has 7 heteroatoms. The lowest BCUT2D eigenvalue weighted by Gasteiger charge is -2.13. The average molecular weight is 375 g/mol. The van der Waals surface area contributed by atoms with E-state index < -0.39 is 9.84 Å². The summed E-state index contributed by atoms with van der Waals surface area (Å²) >= 11 is 0. The highest BCUT2D eigenvalue weighted by molar-refractivity contribution is 7.90. The summed E-state index contributed by atoms with van der Waals surface area (Å²) in [6.07, 6.45) is 2.02. The van der Waals surface area contributed by atoms with Crippen LogP contribution in [0.2, 0.25) is 0 Å². The highest BCUT2D eigenvalue weighted by Crippen LogP contribution is 2.38. The van der Waals surface area contributed by atoms with Crippen LogP contribution in [0.25, 0.3) is 0 Å². The van der Waals surface area contributed by atoms with Crippen molar-refractivity contribution in [3.05, 3.63) is 47.5 Å². The molecular weight excluding hydrogens is 354 g/mol. The van der Waals surface area contributed by atoms with Crippen LogP contribution in [-0.2, 0) is 16.3 Å². The van der Waals surface area contributed by atoms with Crippen molar-refractivity contribution < 1.29 is 22.7 Å². The molecule has 1 aliphatic rings. The van der Waals surface area contributed by atoms with E-state index in [1.54, 1.807) is 6.07 Å². The van der Waals surface area contributed by atoms with Crippen molar-refractivity contribution in [3.63, 3.8) is 0 Å². The van der Waals surface area contributed by atoms with Gasteiger partial charge in [-0.05, 0) is 44.2 Å². The Morgan fingerprint density at radius 2 is 1.96 bits per heavy atom. The second kappa shape index (κ2) is 6.99. The van der Waals surface area contributed by atoms with Crippen molar-refractivity contribution in [2.24, 2.45) is 0 Å². The number of fused-ring (bicyclic) bond motifs is 1. The number of hydrogen-bond acceptors (Lipinski definition) is 5. The van der Waals surface area contributed by atoms with E-state index in [1.807, 2.05) is 19.9 Å². The van der Waals surface area contributed by atoms with Crippen LogP contribution in [-0.4, -0.2) is 33.3 Å². The molecular formula is C19H21NO5S. The molecule has 6 nitrogen and oxygen atoms in total. The van der Waals surface area contributed by atoms with Crippen molar-refractivity contribution in [2.45, 2.75) is 31.3 Å². The molecule has 1 heterocycles. The van der Waals surface area contributed by atoms with E-state index in [9.17, 15) is 13.2 Å². The molecule has 0 unspecified atom stereocenters. The number of nitrogens with one attached hydrogen (secondary N) is 1. The molecule has 0 radical (unpaired) electrons. The lowest BCUT2D eigenvalue weighted by atomic mass is 10.1. The maximum Gasteiger partial charge on any atom is 0.255 e. The number of rotatable bonds is 5. The van der Waals surface area contributed by atoms with Crippen LogP contribution in [0.4, 0.5) is 5.69 Å². The standard InChI is InChI=1S/C19H21NO5S/c1-4-24-18-10-14-9-12(2)25-17(14)11-16(18)20-19(21)13-5-7-15(8-6-13)26(3,22)23/h5-8,10-12H,4,9H2,1-3H3,(H,20,21)/t12-/m1/s1. The lowest BCUT2D eigenvalue weighted by molar-refractivity contribution is 0.102. The van der Waals surface area contributed by atoms with Gasteiger partial charge in [-0.3, -0.25) is 4.79 Å². The van der Waals surface area contributed by atoms with Crippen LogP contribution < -0.4 is 14.8 Å². The Bertz CT molecular complexity index is 935. The van der Waals surface area contributed by atoms with Crippen LogP contribution >= 0.6 is 0 Å². The number of sulfone groups is 1. The SMILES string of the molecule is CCOc1cc2c(cc1NC(=O)c1ccc(S(C)(=O)=O)cc1)O[C@H](C)C2. The summed E-state index contributed by atoms with van der Waals surface area (Å²) in [5.41, 5.74) is 1.93. The van der Waals surface area contributed by atoms with Gasteiger partial charge in [0.1, 0.15) is 17.6 Å². The third kappa shape index (κ3) is 3.83. The second-order valence-corrected chi connectivity index (χ2v) is 8.29. The highest BCUT2D eigenvalue weighted by Gasteiger charge is 2.23. The van der Waals surface area contributed by atoms with Crippen molar-refractivity contribution in [1.82, 2.24) is 0 Å². The minimum absolute atomic E-state index is 0.0916. The van der Waals surface area contributed by atoms with Crippen molar-refractivity contribution >= 4 is 21.4 Å². The van der Waals surface area contributed by atoms with Gasteiger partial charge in [0, 0.05) is 29.9 Å². The Labute approximate surface area is 153 Å². The third-order valence-corrected chi connectivity index (χ3v) is 5.22. The van der Waals surface area contributed by atoms with Gasteiger partial charge in [0.05, 0.1) is 17.2 Å². The van der Waals surface area contributed by atoms with Crippen LogP contribution in [0.5, 0.6) is 11.5 Å². The third-order valence-electron chi connectivity index (χ3n) is 4.09. The van der Waals surface area contributed by atoms with Crippen LogP contribution in [0.1, 0.15) is 29.8 Å². The van der Waals surface area contributed by atoms with Crippen LogP contribution in [0.15, 0.2) is 41.3 Å². The summed E-state index contributed by atoms with van der Waals surface area (Å²) in [6.45, 7) is 4.34. The van der Waals surface area contributed by atoms with E-state index in [1.165, 1.54) is 24.3 Å². The molecule has 1 N–H and O–H groups in total. The zero-order valence-electron chi connectivity index (χ0n) is 14.9. The van der Waals surface area contributed by atoms with Gasteiger partial charge in [0.15, 0.2) is 9.84 Å². The molecule has 138 valence electrons. The number of carbonyl (C=O) groups is 1. The summed E-state index contributed by atoms with van der Waals surface area (Å²) in [4.78, 5) is 12.7. The van der Waals surface area contributed by atoms with Crippen LogP contribution in [0.3, 0.4) is 0 Å². The van der Waals surface area contributed by atoms with Gasteiger partial charge in [-0.15, -0.1) is 0 Å². The van der Waals surface area contributed by atoms with Gasteiger partial charge >= 0.3 is 0 Å². The second-order valence-electron chi connectivity index (χ2n) is 6.27. The minimum Gasteiger partial charge on any atom is -0.492 e. The van der Waals surface area contributed by atoms with Gasteiger partial charge in [-0.25, -0.2) is 8.42 Å². The fraction of sp³-hybridized carbons (Fsp3) is 0.316. The molecule has 26 heavy (non-hydrogen) atoms. The van der Waals surface area contributed by atoms with E-state index in [-0.39, 0.29) is 16.9 Å². The van der Waals surface area contributed by atoms with Crippen molar-refractivity contribution in [3.8, 4) is 11.5 Å². The average Bonchev–Trinajstić information content (AvgIpc) is 2.93. The Morgan fingerprint density at radius 1 is 1.27 bits per heavy atom. The number of benzene rings is 2. The number of carbonyl (C=O) groups excluding carboxylic acids is 1. The molecule has 3 rings (SSSR count). The first-order valence-corrected chi connectivity index (χ1v) is 10.2. The Balaban J connectivity index is 1.86. The number of anilines is 1. The van der Waals surface area contributed by atoms with Crippen molar-refractivity contribution in [1.29, 1.82) is 0 Å². The molecule has 1 amide bonds. The Hall–Kier alpha value is -2.54. The van der Waals surface area contributed by atoms with E-state index in [0.717, 1.165) is 24.0 Å². The summed E-state index contributed by atoms with van der Waals surface area (Å²) in [7, 11) is -3.30. The van der Waals surface area contributed by atoms with Gasteiger partial charge in [0.25, 0.3) is 5.91 Å². The molecule has 0 bridgehead atoms. The zero-order valence-corrected chi connectivity index (χ0v) is 15.7. The highest BCUT2D eigenvalue weighted by atomic mass is 32.2. The fourth-order valence-electron chi connectivity index (χ4n) is 2.86. The quantitative estimate of drug-likeness (QED) is 0.869. The first-order valence-electron chi connectivity index (χ1n) is 8.35.